The van der Waals surface area contributed by atoms with E-state index in [-0.39, 0.29) is 5.91 Å². The molecule has 0 radical (unpaired) electrons. The second-order valence-electron chi connectivity index (χ2n) is 8.61. The summed E-state index contributed by atoms with van der Waals surface area (Å²) in [5, 5.41) is 0. The molecule has 6 rings (SSSR count). The maximum absolute atomic E-state index is 13.0. The number of fused-ring (bicyclic) bond motifs is 1. The third kappa shape index (κ3) is 3.06. The Morgan fingerprint density at radius 3 is 2.43 bits per heavy atom. The molecule has 0 unspecified atom stereocenters. The molecular weight excluding hydrogens is 376 g/mol. The van der Waals surface area contributed by atoms with E-state index >= 15 is 0 Å². The standard InChI is InChI=1S/C24H26N4O2/c29-24(18-7-9-19(10-8-18)26-11-13-30-14-12-26)27-15-20(16-27)28-22-4-2-1-3-21(22)25-23(28)17-5-6-17/h1-4,7-10,17,20H,5-6,11-16H2. The molecular formula is C24H26N4O2. The number of carbonyl (C=O) groups is 1. The number of nitrogens with zero attached hydrogens (tertiary/aromatic N) is 4. The van der Waals surface area contributed by atoms with Crippen molar-refractivity contribution >= 4 is 22.6 Å². The first kappa shape index (κ1) is 18.0. The highest BCUT2D eigenvalue weighted by Crippen LogP contribution is 2.43. The Bertz CT molecular complexity index is 1070. The van der Waals surface area contributed by atoms with Crippen molar-refractivity contribution in [1.29, 1.82) is 0 Å². The van der Waals surface area contributed by atoms with Crippen LogP contribution in [0.25, 0.3) is 11.0 Å². The minimum atomic E-state index is 0.122. The van der Waals surface area contributed by atoms with Gasteiger partial charge in [-0.15, -0.1) is 0 Å². The molecule has 3 aromatic rings. The minimum absolute atomic E-state index is 0.122. The van der Waals surface area contributed by atoms with Crippen LogP contribution in [-0.4, -0.2) is 59.8 Å². The Labute approximate surface area is 176 Å². The van der Waals surface area contributed by atoms with Gasteiger partial charge in [0.05, 0.1) is 30.3 Å². The Hall–Kier alpha value is -2.86. The molecule has 3 heterocycles. The predicted molar refractivity (Wildman–Crippen MR) is 116 cm³/mol. The van der Waals surface area contributed by atoms with Crippen LogP contribution in [0.4, 0.5) is 5.69 Å². The third-order valence-corrected chi connectivity index (χ3v) is 6.57. The van der Waals surface area contributed by atoms with Gasteiger partial charge in [-0.1, -0.05) is 12.1 Å². The number of morpholine rings is 1. The van der Waals surface area contributed by atoms with Gasteiger partial charge in [0.15, 0.2) is 0 Å². The van der Waals surface area contributed by atoms with E-state index in [4.69, 9.17) is 9.72 Å². The second-order valence-corrected chi connectivity index (χ2v) is 8.61. The zero-order valence-corrected chi connectivity index (χ0v) is 17.0. The van der Waals surface area contributed by atoms with Crippen LogP contribution < -0.4 is 4.90 Å². The monoisotopic (exact) mass is 402 g/mol. The zero-order chi connectivity index (χ0) is 20.1. The molecule has 0 bridgehead atoms. The molecule has 6 heteroatoms. The smallest absolute Gasteiger partial charge is 0.253 e. The van der Waals surface area contributed by atoms with Crippen molar-refractivity contribution in [3.8, 4) is 0 Å². The summed E-state index contributed by atoms with van der Waals surface area (Å²) in [5.74, 6) is 1.93. The number of likely N-dealkylation sites (tertiary alicyclic amines) is 1. The molecule has 1 aromatic heterocycles. The number of carbonyl (C=O) groups excluding carboxylic acids is 1. The predicted octanol–water partition coefficient (Wildman–Crippen LogP) is 3.45. The van der Waals surface area contributed by atoms with Gasteiger partial charge in [-0.25, -0.2) is 4.98 Å². The van der Waals surface area contributed by atoms with Gasteiger partial charge in [-0.05, 0) is 49.2 Å². The van der Waals surface area contributed by atoms with E-state index in [1.165, 1.54) is 24.2 Å². The normalized spacial score (nSPS) is 19.9. The van der Waals surface area contributed by atoms with Crippen molar-refractivity contribution in [2.45, 2.75) is 24.8 Å². The third-order valence-electron chi connectivity index (χ3n) is 6.57. The molecule has 1 amide bonds. The van der Waals surface area contributed by atoms with Crippen LogP contribution in [0.1, 0.15) is 41.0 Å². The summed E-state index contributed by atoms with van der Waals surface area (Å²) in [6.45, 7) is 4.85. The number of hydrogen-bond acceptors (Lipinski definition) is 4. The van der Waals surface area contributed by atoms with Gasteiger partial charge in [0.1, 0.15) is 5.82 Å². The lowest BCUT2D eigenvalue weighted by atomic mass is 10.0. The van der Waals surface area contributed by atoms with E-state index in [0.717, 1.165) is 56.2 Å². The number of amides is 1. The SMILES string of the molecule is O=C(c1ccc(N2CCOCC2)cc1)N1CC(n2c(C3CC3)nc3ccccc32)C1. The lowest BCUT2D eigenvalue weighted by molar-refractivity contribution is 0.0522. The summed E-state index contributed by atoms with van der Waals surface area (Å²) < 4.78 is 7.82. The van der Waals surface area contributed by atoms with Crippen molar-refractivity contribution in [3.05, 3.63) is 59.9 Å². The van der Waals surface area contributed by atoms with Gasteiger partial charge < -0.3 is 19.1 Å². The molecule has 0 spiro atoms. The molecule has 0 atom stereocenters. The summed E-state index contributed by atoms with van der Waals surface area (Å²) >= 11 is 0. The van der Waals surface area contributed by atoms with Gasteiger partial charge in [0.25, 0.3) is 5.91 Å². The number of rotatable bonds is 4. The van der Waals surface area contributed by atoms with E-state index in [2.05, 4.69) is 39.8 Å². The van der Waals surface area contributed by atoms with Crippen LogP contribution in [-0.2, 0) is 4.74 Å². The average molecular weight is 402 g/mol. The molecule has 1 saturated carbocycles. The van der Waals surface area contributed by atoms with Crippen LogP contribution in [0.15, 0.2) is 48.5 Å². The summed E-state index contributed by atoms with van der Waals surface area (Å²) in [6, 6.07) is 16.7. The number of imidazole rings is 1. The first-order chi connectivity index (χ1) is 14.8. The summed E-state index contributed by atoms with van der Waals surface area (Å²) in [7, 11) is 0. The maximum atomic E-state index is 13.0. The highest BCUT2D eigenvalue weighted by Gasteiger charge is 2.38. The number of hydrogen-bond donors (Lipinski definition) is 0. The second kappa shape index (κ2) is 7.13. The fourth-order valence-electron chi connectivity index (χ4n) is 4.68. The first-order valence-corrected chi connectivity index (χ1v) is 11.0. The van der Waals surface area contributed by atoms with E-state index in [0.29, 0.717) is 12.0 Å². The fourth-order valence-corrected chi connectivity index (χ4v) is 4.68. The number of benzene rings is 2. The van der Waals surface area contributed by atoms with Crippen LogP contribution in [0.2, 0.25) is 0 Å². The van der Waals surface area contributed by atoms with Crippen LogP contribution in [0.3, 0.4) is 0 Å². The molecule has 2 aromatic carbocycles. The summed E-state index contributed by atoms with van der Waals surface area (Å²) in [5.41, 5.74) is 4.20. The number of aromatic nitrogens is 2. The van der Waals surface area contributed by atoms with Crippen molar-refractivity contribution in [2.24, 2.45) is 0 Å². The molecule has 3 fully saturated rings. The van der Waals surface area contributed by atoms with E-state index in [1.54, 1.807) is 0 Å². The lowest BCUT2D eigenvalue weighted by Crippen LogP contribution is -2.51. The topological polar surface area (TPSA) is 50.6 Å². The zero-order valence-electron chi connectivity index (χ0n) is 17.0. The van der Waals surface area contributed by atoms with Crippen molar-refractivity contribution in [3.63, 3.8) is 0 Å². The van der Waals surface area contributed by atoms with Gasteiger partial charge in [-0.3, -0.25) is 4.79 Å². The number of anilines is 1. The molecule has 30 heavy (non-hydrogen) atoms. The van der Waals surface area contributed by atoms with Crippen LogP contribution in [0.5, 0.6) is 0 Å². The Balaban J connectivity index is 1.17. The largest absolute Gasteiger partial charge is 0.378 e. The summed E-state index contributed by atoms with van der Waals surface area (Å²) in [4.78, 5) is 22.2. The van der Waals surface area contributed by atoms with Crippen LogP contribution in [0, 0.1) is 0 Å². The lowest BCUT2D eigenvalue weighted by Gasteiger charge is -2.41. The first-order valence-electron chi connectivity index (χ1n) is 11.0. The summed E-state index contributed by atoms with van der Waals surface area (Å²) in [6.07, 6.45) is 2.46. The van der Waals surface area contributed by atoms with E-state index in [1.807, 2.05) is 23.1 Å². The maximum Gasteiger partial charge on any atom is 0.253 e. The molecule has 1 aliphatic carbocycles. The van der Waals surface area contributed by atoms with Crippen molar-refractivity contribution in [1.82, 2.24) is 14.5 Å². The van der Waals surface area contributed by atoms with Crippen molar-refractivity contribution in [2.75, 3.05) is 44.3 Å². The minimum Gasteiger partial charge on any atom is -0.378 e. The van der Waals surface area contributed by atoms with Gasteiger partial charge in [-0.2, -0.15) is 0 Å². The molecule has 6 nitrogen and oxygen atoms in total. The fraction of sp³-hybridized carbons (Fsp3) is 0.417. The Kier molecular flexibility index (Phi) is 4.27. The van der Waals surface area contributed by atoms with E-state index < -0.39 is 0 Å². The number of para-hydroxylation sites is 2. The molecule has 2 aliphatic heterocycles. The van der Waals surface area contributed by atoms with Crippen LogP contribution >= 0.6 is 0 Å². The molecule has 0 N–H and O–H groups in total. The van der Waals surface area contributed by atoms with Gasteiger partial charge >= 0.3 is 0 Å². The quantitative estimate of drug-likeness (QED) is 0.671. The van der Waals surface area contributed by atoms with E-state index in [9.17, 15) is 4.79 Å². The molecule has 154 valence electrons. The Morgan fingerprint density at radius 2 is 1.70 bits per heavy atom. The average Bonchev–Trinajstić information content (AvgIpc) is 3.55. The van der Waals surface area contributed by atoms with Crippen molar-refractivity contribution < 1.29 is 9.53 Å². The highest BCUT2D eigenvalue weighted by molar-refractivity contribution is 5.95. The molecule has 3 aliphatic rings. The van der Waals surface area contributed by atoms with Gasteiger partial charge in [0.2, 0.25) is 0 Å². The van der Waals surface area contributed by atoms with Gasteiger partial charge in [0, 0.05) is 43.3 Å². The molecule has 2 saturated heterocycles. The Morgan fingerprint density at radius 1 is 0.967 bits per heavy atom. The number of ether oxygens (including phenoxy) is 1. The highest BCUT2D eigenvalue weighted by atomic mass is 16.5.